The van der Waals surface area contributed by atoms with Crippen LogP contribution < -0.4 is 10.0 Å². The van der Waals surface area contributed by atoms with Crippen molar-refractivity contribution in [2.24, 2.45) is 5.14 Å². The fraction of sp³-hybridized carbons (Fsp3) is 0.333. The monoisotopic (exact) mass is 470 g/mol. The van der Waals surface area contributed by atoms with Crippen LogP contribution >= 0.6 is 0 Å². The first kappa shape index (κ1) is 22.0. The van der Waals surface area contributed by atoms with Gasteiger partial charge < -0.3 is 4.90 Å². The number of fused-ring (bicyclic) bond motifs is 1. The number of primary sulfonamides is 1. The predicted octanol–water partition coefficient (Wildman–Crippen LogP) is 2.69. The van der Waals surface area contributed by atoms with Gasteiger partial charge in [0.05, 0.1) is 16.2 Å². The summed E-state index contributed by atoms with van der Waals surface area (Å²) in [6.45, 7) is 0.652. The summed E-state index contributed by atoms with van der Waals surface area (Å²) in [5.41, 5.74) is -0.821. The molecule has 0 saturated carbocycles. The van der Waals surface area contributed by atoms with Crippen LogP contribution in [0.1, 0.15) is 30.1 Å². The first-order valence-corrected chi connectivity index (χ1v) is 11.0. The number of benzene rings is 1. The Balaban J connectivity index is 1.72. The first-order chi connectivity index (χ1) is 14.9. The Labute approximate surface area is 179 Å². The lowest BCUT2D eigenvalue weighted by atomic mass is 9.96. The molecule has 1 fully saturated rings. The van der Waals surface area contributed by atoms with Crippen LogP contribution in [0.15, 0.2) is 41.4 Å². The number of alkyl halides is 3. The molecule has 3 aromatic rings. The van der Waals surface area contributed by atoms with E-state index in [-0.39, 0.29) is 23.8 Å². The molecule has 1 aromatic carbocycles. The van der Waals surface area contributed by atoms with Gasteiger partial charge in [-0.25, -0.2) is 13.6 Å². The summed E-state index contributed by atoms with van der Waals surface area (Å²) < 4.78 is 64.9. The number of non-ortho nitro benzene ring substituents is 1. The van der Waals surface area contributed by atoms with Gasteiger partial charge in [-0.1, -0.05) is 0 Å². The summed E-state index contributed by atoms with van der Waals surface area (Å²) in [6.07, 6.45) is -2.42. The van der Waals surface area contributed by atoms with E-state index >= 15 is 0 Å². The number of hydrogen-bond donors (Lipinski definition) is 1. The summed E-state index contributed by atoms with van der Waals surface area (Å²) in [6, 6.07) is 5.54. The Bertz CT molecular complexity index is 1310. The lowest BCUT2D eigenvalue weighted by Gasteiger charge is -2.34. The average molecular weight is 470 g/mol. The Hall–Kier alpha value is -3.26. The number of sulfonamides is 1. The lowest BCUT2D eigenvalue weighted by molar-refractivity contribution is -0.385. The minimum Gasteiger partial charge on any atom is -0.370 e. The Morgan fingerprint density at radius 3 is 2.59 bits per heavy atom. The van der Waals surface area contributed by atoms with Crippen LogP contribution in [-0.4, -0.2) is 41.0 Å². The van der Waals surface area contributed by atoms with Gasteiger partial charge in [-0.2, -0.15) is 13.2 Å². The number of nitrogens with zero attached hydrogens (tertiary/aromatic N) is 5. The molecule has 0 spiro atoms. The summed E-state index contributed by atoms with van der Waals surface area (Å²) in [5, 5.41) is 24.3. The third-order valence-corrected chi connectivity index (χ3v) is 6.28. The lowest BCUT2D eigenvalue weighted by Crippen LogP contribution is -2.36. The van der Waals surface area contributed by atoms with Crippen molar-refractivity contribution in [3.8, 4) is 0 Å². The second-order valence-corrected chi connectivity index (χ2v) is 8.97. The zero-order valence-electron chi connectivity index (χ0n) is 16.4. The second-order valence-electron chi connectivity index (χ2n) is 7.44. The van der Waals surface area contributed by atoms with Gasteiger partial charge in [0, 0.05) is 37.3 Å². The molecule has 2 N–H and O–H groups in total. The molecule has 1 aliphatic heterocycles. The van der Waals surface area contributed by atoms with Crippen LogP contribution in [0.4, 0.5) is 24.5 Å². The minimum atomic E-state index is -4.53. The van der Waals surface area contributed by atoms with Crippen molar-refractivity contribution in [3.05, 3.63) is 58.0 Å². The molecule has 1 atom stereocenters. The number of hydrogen-bond acceptors (Lipinski definition) is 7. The largest absolute Gasteiger partial charge is 0.417 e. The van der Waals surface area contributed by atoms with Crippen molar-refractivity contribution in [3.63, 3.8) is 0 Å². The molecule has 14 heteroatoms. The van der Waals surface area contributed by atoms with E-state index in [0.717, 1.165) is 18.3 Å². The smallest absolute Gasteiger partial charge is 0.370 e. The molecule has 1 aliphatic rings. The molecule has 0 aliphatic carbocycles. The maximum Gasteiger partial charge on any atom is 0.417 e. The number of nitrogens with two attached hydrogens (primary N) is 1. The maximum atomic E-state index is 13.1. The number of anilines is 1. The topological polar surface area (TPSA) is 137 Å². The number of aromatic nitrogens is 3. The Morgan fingerprint density at radius 1 is 1.19 bits per heavy atom. The van der Waals surface area contributed by atoms with Gasteiger partial charge in [-0.15, -0.1) is 10.2 Å². The third-order valence-electron chi connectivity index (χ3n) is 5.34. The summed E-state index contributed by atoms with van der Waals surface area (Å²) in [7, 11) is -4.27. The zero-order chi connectivity index (χ0) is 23.3. The molecule has 10 nitrogen and oxygen atoms in total. The zero-order valence-corrected chi connectivity index (χ0v) is 17.2. The molecular formula is C18H17F3N6O4S. The molecule has 2 aromatic heterocycles. The van der Waals surface area contributed by atoms with Crippen LogP contribution in [0.5, 0.6) is 0 Å². The fourth-order valence-corrected chi connectivity index (χ4v) is 4.64. The number of rotatable bonds is 4. The molecule has 0 amide bonds. The number of halogens is 3. The van der Waals surface area contributed by atoms with Crippen LogP contribution in [0.3, 0.4) is 0 Å². The average Bonchev–Trinajstić information content (AvgIpc) is 3.15. The Morgan fingerprint density at radius 2 is 1.94 bits per heavy atom. The van der Waals surface area contributed by atoms with E-state index in [1.54, 1.807) is 4.90 Å². The predicted molar refractivity (Wildman–Crippen MR) is 107 cm³/mol. The molecule has 4 rings (SSSR count). The van der Waals surface area contributed by atoms with Crippen LogP contribution in [0.2, 0.25) is 0 Å². The summed E-state index contributed by atoms with van der Waals surface area (Å²) >= 11 is 0. The molecule has 3 heterocycles. The molecule has 32 heavy (non-hydrogen) atoms. The van der Waals surface area contributed by atoms with Crippen molar-refractivity contribution in [1.29, 1.82) is 0 Å². The van der Waals surface area contributed by atoms with E-state index in [1.807, 2.05) is 0 Å². The molecule has 0 radical (unpaired) electrons. The van der Waals surface area contributed by atoms with Gasteiger partial charge in [-0.05, 0) is 31.0 Å². The highest BCUT2D eigenvalue weighted by molar-refractivity contribution is 7.89. The van der Waals surface area contributed by atoms with E-state index in [1.165, 1.54) is 22.6 Å². The van der Waals surface area contributed by atoms with Gasteiger partial charge in [0.2, 0.25) is 10.0 Å². The molecule has 0 bridgehead atoms. The number of piperidine rings is 1. The van der Waals surface area contributed by atoms with Crippen LogP contribution in [-0.2, 0) is 16.2 Å². The standard InChI is InChI=1S/C18H17F3N6O4S/c19-18(20,21)12-3-6-16-23-24-17(26(16)10-12)11-2-1-7-25(9-11)14-5-4-13(27(28)29)8-15(14)32(22,30)31/h3-6,8,10-11H,1-2,7,9H2,(H2,22,30,31)/t11-/m0/s1. The van der Waals surface area contributed by atoms with E-state index < -0.39 is 37.3 Å². The van der Waals surface area contributed by atoms with Crippen LogP contribution in [0.25, 0.3) is 5.65 Å². The SMILES string of the molecule is NS(=O)(=O)c1cc([N+](=O)[O-])ccc1N1CCC[C@H](c2nnc3ccc(C(F)(F)F)cn23)C1. The van der Waals surface area contributed by atoms with E-state index in [0.29, 0.717) is 25.2 Å². The highest BCUT2D eigenvalue weighted by atomic mass is 32.2. The van der Waals surface area contributed by atoms with Crippen molar-refractivity contribution in [1.82, 2.24) is 14.6 Å². The molecule has 0 unspecified atom stereocenters. The van der Waals surface area contributed by atoms with Crippen LogP contribution in [0, 0.1) is 10.1 Å². The molecule has 170 valence electrons. The second kappa shape index (κ2) is 7.70. The third kappa shape index (κ3) is 4.10. The van der Waals surface area contributed by atoms with Crippen molar-refractivity contribution >= 4 is 27.0 Å². The summed E-state index contributed by atoms with van der Waals surface area (Å²) in [5.74, 6) is -0.0411. The minimum absolute atomic E-state index is 0.188. The quantitative estimate of drug-likeness (QED) is 0.457. The van der Waals surface area contributed by atoms with Gasteiger partial charge in [0.25, 0.3) is 5.69 Å². The van der Waals surface area contributed by atoms with Crippen molar-refractivity contribution < 1.29 is 26.5 Å². The maximum absolute atomic E-state index is 13.1. The summed E-state index contributed by atoms with van der Waals surface area (Å²) in [4.78, 5) is 11.6. The van der Waals surface area contributed by atoms with E-state index in [4.69, 9.17) is 5.14 Å². The highest BCUT2D eigenvalue weighted by Crippen LogP contribution is 2.35. The Kier molecular flexibility index (Phi) is 5.29. The first-order valence-electron chi connectivity index (χ1n) is 9.43. The van der Waals surface area contributed by atoms with Gasteiger partial charge in [0.15, 0.2) is 5.65 Å². The van der Waals surface area contributed by atoms with Gasteiger partial charge in [-0.3, -0.25) is 14.5 Å². The van der Waals surface area contributed by atoms with E-state index in [2.05, 4.69) is 10.2 Å². The van der Waals surface area contributed by atoms with Crippen molar-refractivity contribution in [2.75, 3.05) is 18.0 Å². The number of nitro benzene ring substituents is 1. The van der Waals surface area contributed by atoms with Gasteiger partial charge in [0.1, 0.15) is 10.7 Å². The highest BCUT2D eigenvalue weighted by Gasteiger charge is 2.33. The van der Waals surface area contributed by atoms with Crippen molar-refractivity contribution in [2.45, 2.75) is 29.8 Å². The van der Waals surface area contributed by atoms with Gasteiger partial charge >= 0.3 is 6.18 Å². The fourth-order valence-electron chi connectivity index (χ4n) is 3.87. The molecule has 1 saturated heterocycles. The number of pyridine rings is 1. The van der Waals surface area contributed by atoms with E-state index in [9.17, 15) is 31.7 Å². The molecular weight excluding hydrogens is 453 g/mol. The normalized spacial score (nSPS) is 17.6. The number of nitro groups is 1.